The number of hydrogen-bond donors (Lipinski definition) is 0. The molecule has 0 unspecified atom stereocenters. The molecule has 0 bridgehead atoms. The minimum absolute atomic E-state index is 0.858. The molecule has 0 saturated heterocycles. The van der Waals surface area contributed by atoms with Crippen molar-refractivity contribution in [2.75, 3.05) is 33.1 Å². The number of hydroxylamine groups is 2. The first-order chi connectivity index (χ1) is 6.09. The van der Waals surface area contributed by atoms with Gasteiger partial charge in [-0.05, 0) is 12.1 Å². The maximum atomic E-state index is 5.41. The van der Waals surface area contributed by atoms with Gasteiger partial charge in [0.25, 0.3) is 0 Å². The summed E-state index contributed by atoms with van der Waals surface area (Å²) in [6, 6.07) is 7.96. The Bertz CT molecular complexity index is 271. The van der Waals surface area contributed by atoms with Crippen LogP contribution >= 0.6 is 0 Å². The maximum Gasteiger partial charge on any atom is 0.149 e. The van der Waals surface area contributed by atoms with E-state index >= 15 is 0 Å². The van der Waals surface area contributed by atoms with Gasteiger partial charge in [0, 0.05) is 39.9 Å². The van der Waals surface area contributed by atoms with Gasteiger partial charge in [0.15, 0.2) is 0 Å². The largest absolute Gasteiger partial charge is 0.406 e. The molecule has 0 atom stereocenters. The smallest absolute Gasteiger partial charge is 0.149 e. The highest BCUT2D eigenvalue weighted by molar-refractivity contribution is 5.49. The summed E-state index contributed by atoms with van der Waals surface area (Å²) in [6.45, 7) is 0. The Morgan fingerprint density at radius 1 is 1.08 bits per heavy atom. The van der Waals surface area contributed by atoms with Crippen molar-refractivity contribution in [1.29, 1.82) is 0 Å². The van der Waals surface area contributed by atoms with Crippen LogP contribution in [0.15, 0.2) is 24.3 Å². The quantitative estimate of drug-likeness (QED) is 0.657. The van der Waals surface area contributed by atoms with Crippen LogP contribution in [0.5, 0.6) is 5.75 Å². The number of hydrogen-bond acceptors (Lipinski definition) is 3. The fourth-order valence-corrected chi connectivity index (χ4v) is 1.03. The molecule has 72 valence electrons. The molecule has 3 heteroatoms. The fourth-order valence-electron chi connectivity index (χ4n) is 1.03. The summed E-state index contributed by atoms with van der Waals surface area (Å²) in [7, 11) is 7.74. The zero-order chi connectivity index (χ0) is 9.84. The average Bonchev–Trinajstić information content (AvgIpc) is 2.03. The minimum atomic E-state index is 0.858. The molecule has 1 rings (SSSR count). The summed E-state index contributed by atoms with van der Waals surface area (Å²) in [5.74, 6) is 0.858. The van der Waals surface area contributed by atoms with Gasteiger partial charge in [0.05, 0.1) is 0 Å². The summed E-state index contributed by atoms with van der Waals surface area (Å²) in [4.78, 5) is 7.46. The van der Waals surface area contributed by atoms with E-state index in [4.69, 9.17) is 4.84 Å². The van der Waals surface area contributed by atoms with Gasteiger partial charge in [0.2, 0.25) is 0 Å². The second kappa shape index (κ2) is 4.14. The second-order valence-electron chi connectivity index (χ2n) is 3.30. The number of benzene rings is 1. The Morgan fingerprint density at radius 2 is 1.77 bits per heavy atom. The van der Waals surface area contributed by atoms with E-state index in [-0.39, 0.29) is 0 Å². The van der Waals surface area contributed by atoms with Crippen molar-refractivity contribution >= 4 is 5.69 Å². The lowest BCUT2D eigenvalue weighted by Gasteiger charge is -2.16. The Labute approximate surface area is 79.5 Å². The van der Waals surface area contributed by atoms with Crippen molar-refractivity contribution in [3.05, 3.63) is 24.3 Å². The average molecular weight is 180 g/mol. The first-order valence-electron chi connectivity index (χ1n) is 4.22. The molecule has 0 aromatic heterocycles. The Hall–Kier alpha value is -1.22. The van der Waals surface area contributed by atoms with Gasteiger partial charge >= 0.3 is 0 Å². The lowest BCUT2D eigenvalue weighted by Crippen LogP contribution is -2.16. The minimum Gasteiger partial charge on any atom is -0.406 e. The van der Waals surface area contributed by atoms with Crippen molar-refractivity contribution in [3.8, 4) is 5.75 Å². The summed E-state index contributed by atoms with van der Waals surface area (Å²) in [5.41, 5.74) is 1.14. The topological polar surface area (TPSA) is 15.7 Å². The van der Waals surface area contributed by atoms with E-state index in [1.54, 1.807) is 5.06 Å². The molecule has 3 nitrogen and oxygen atoms in total. The van der Waals surface area contributed by atoms with E-state index in [0.717, 1.165) is 11.4 Å². The van der Waals surface area contributed by atoms with Gasteiger partial charge in [0.1, 0.15) is 5.75 Å². The Kier molecular flexibility index (Phi) is 3.14. The molecule has 0 aliphatic heterocycles. The summed E-state index contributed by atoms with van der Waals surface area (Å²) >= 11 is 0. The number of nitrogens with zero attached hydrogens (tertiary/aromatic N) is 2. The molecule has 13 heavy (non-hydrogen) atoms. The van der Waals surface area contributed by atoms with Crippen LogP contribution < -0.4 is 9.74 Å². The van der Waals surface area contributed by atoms with Crippen LogP contribution in [0.2, 0.25) is 0 Å². The molecule has 0 aliphatic carbocycles. The second-order valence-corrected chi connectivity index (χ2v) is 3.30. The molecule has 0 saturated carbocycles. The molecular formula is C10H16N2O. The van der Waals surface area contributed by atoms with E-state index in [0.29, 0.717) is 0 Å². The molecule has 0 spiro atoms. The van der Waals surface area contributed by atoms with Crippen LogP contribution in [0, 0.1) is 0 Å². The third-order valence-electron chi connectivity index (χ3n) is 1.62. The van der Waals surface area contributed by atoms with E-state index in [2.05, 4.69) is 0 Å². The van der Waals surface area contributed by atoms with Crippen LogP contribution in [-0.4, -0.2) is 33.3 Å². The van der Waals surface area contributed by atoms with E-state index in [1.807, 2.05) is 57.4 Å². The summed E-state index contributed by atoms with van der Waals surface area (Å²) in [6.07, 6.45) is 0. The lowest BCUT2D eigenvalue weighted by molar-refractivity contribution is -0.00320. The van der Waals surface area contributed by atoms with E-state index in [9.17, 15) is 0 Å². The van der Waals surface area contributed by atoms with Gasteiger partial charge in [-0.25, -0.2) is 0 Å². The van der Waals surface area contributed by atoms with Crippen LogP contribution in [0.25, 0.3) is 0 Å². The van der Waals surface area contributed by atoms with Crippen molar-refractivity contribution in [2.45, 2.75) is 0 Å². The van der Waals surface area contributed by atoms with E-state index < -0.39 is 0 Å². The van der Waals surface area contributed by atoms with Crippen molar-refractivity contribution in [3.63, 3.8) is 0 Å². The maximum absolute atomic E-state index is 5.41. The molecule has 0 fully saturated rings. The Morgan fingerprint density at radius 3 is 2.31 bits per heavy atom. The molecular weight excluding hydrogens is 164 g/mol. The number of anilines is 1. The molecule has 1 aromatic carbocycles. The Balaban J connectivity index is 2.79. The summed E-state index contributed by atoms with van der Waals surface area (Å²) in [5, 5.41) is 1.68. The third kappa shape index (κ3) is 2.95. The first-order valence-corrected chi connectivity index (χ1v) is 4.22. The highest BCUT2D eigenvalue weighted by Crippen LogP contribution is 2.19. The first kappa shape index (κ1) is 9.86. The molecule has 0 N–H and O–H groups in total. The normalized spacial score (nSPS) is 10.2. The fraction of sp³-hybridized carbons (Fsp3) is 0.400. The van der Waals surface area contributed by atoms with Crippen LogP contribution in [0.3, 0.4) is 0 Å². The van der Waals surface area contributed by atoms with Crippen molar-refractivity contribution in [1.82, 2.24) is 5.06 Å². The predicted molar refractivity (Wildman–Crippen MR) is 55.1 cm³/mol. The standard InChI is InChI=1S/C10H16N2O/c1-11(2)9-6-5-7-10(8-9)13-12(3)4/h5-8H,1-4H3. The lowest BCUT2D eigenvalue weighted by atomic mass is 10.3. The van der Waals surface area contributed by atoms with Crippen LogP contribution in [0.1, 0.15) is 0 Å². The van der Waals surface area contributed by atoms with Crippen molar-refractivity contribution < 1.29 is 4.84 Å². The molecule has 0 aliphatic rings. The zero-order valence-corrected chi connectivity index (χ0v) is 8.61. The van der Waals surface area contributed by atoms with Gasteiger partial charge in [-0.15, -0.1) is 0 Å². The van der Waals surface area contributed by atoms with E-state index in [1.165, 1.54) is 0 Å². The van der Waals surface area contributed by atoms with Crippen LogP contribution in [-0.2, 0) is 0 Å². The van der Waals surface area contributed by atoms with Crippen molar-refractivity contribution in [2.24, 2.45) is 0 Å². The molecule has 1 aromatic rings. The van der Waals surface area contributed by atoms with Gasteiger partial charge in [-0.1, -0.05) is 6.07 Å². The molecule has 0 radical (unpaired) electrons. The predicted octanol–water partition coefficient (Wildman–Crippen LogP) is 1.61. The van der Waals surface area contributed by atoms with Crippen LogP contribution in [0.4, 0.5) is 5.69 Å². The molecule has 0 heterocycles. The summed E-state index contributed by atoms with van der Waals surface area (Å²) < 4.78 is 0. The van der Waals surface area contributed by atoms with Gasteiger partial charge in [-0.2, -0.15) is 5.06 Å². The third-order valence-corrected chi connectivity index (χ3v) is 1.62. The molecule has 0 amide bonds. The highest BCUT2D eigenvalue weighted by atomic mass is 16.7. The zero-order valence-electron chi connectivity index (χ0n) is 8.61. The highest BCUT2D eigenvalue weighted by Gasteiger charge is 1.99. The number of rotatable bonds is 3. The SMILES string of the molecule is CN(C)Oc1cccc(N(C)C)c1. The monoisotopic (exact) mass is 180 g/mol. The van der Waals surface area contributed by atoms with Gasteiger partial charge in [-0.3, -0.25) is 0 Å². The van der Waals surface area contributed by atoms with Gasteiger partial charge < -0.3 is 9.74 Å².